The van der Waals surface area contributed by atoms with Crippen LogP contribution in [0, 0.1) is 13.8 Å². The third-order valence-corrected chi connectivity index (χ3v) is 5.24. The van der Waals surface area contributed by atoms with Crippen LogP contribution in [0.25, 0.3) is 22.6 Å². The van der Waals surface area contributed by atoms with E-state index in [1.165, 1.54) is 0 Å². The summed E-state index contributed by atoms with van der Waals surface area (Å²) in [4.78, 5) is 16.8. The zero-order valence-corrected chi connectivity index (χ0v) is 19.3. The van der Waals surface area contributed by atoms with Crippen molar-refractivity contribution >= 4 is 40.0 Å². The number of methoxy groups -OCH3 is 1. The second-order valence-electron chi connectivity index (χ2n) is 7.44. The van der Waals surface area contributed by atoms with Crippen LogP contribution in [-0.2, 0) is 4.79 Å². The monoisotopic (exact) mass is 461 g/mol. The second-order valence-corrected chi connectivity index (χ2v) is 7.85. The van der Waals surface area contributed by atoms with E-state index in [0.717, 1.165) is 22.4 Å². The number of ether oxygens (including phenoxy) is 2. The van der Waals surface area contributed by atoms with E-state index in [9.17, 15) is 4.79 Å². The van der Waals surface area contributed by atoms with Gasteiger partial charge < -0.3 is 19.2 Å². The van der Waals surface area contributed by atoms with E-state index in [2.05, 4.69) is 15.6 Å². The Labute approximate surface area is 196 Å². The Morgan fingerprint density at radius 3 is 2.67 bits per heavy atom. The van der Waals surface area contributed by atoms with E-state index in [4.69, 9.17) is 26.1 Å². The number of benzene rings is 3. The van der Waals surface area contributed by atoms with Gasteiger partial charge in [0, 0.05) is 17.3 Å². The Balaban J connectivity index is 1.43. The number of aromatic nitrogens is 1. The van der Waals surface area contributed by atoms with Crippen LogP contribution in [0.3, 0.4) is 0 Å². The number of thiocarbonyl (C=S) groups is 1. The van der Waals surface area contributed by atoms with Crippen molar-refractivity contribution in [1.82, 2.24) is 10.3 Å². The number of carbonyl (C=O) groups is 1. The predicted molar refractivity (Wildman–Crippen MR) is 132 cm³/mol. The molecule has 7 nitrogen and oxygen atoms in total. The molecule has 168 valence electrons. The molecule has 0 aliphatic carbocycles. The number of para-hydroxylation sites is 1. The van der Waals surface area contributed by atoms with Gasteiger partial charge in [-0.3, -0.25) is 10.1 Å². The van der Waals surface area contributed by atoms with Crippen LogP contribution >= 0.6 is 12.2 Å². The Bertz CT molecular complexity index is 1330. The van der Waals surface area contributed by atoms with Crippen molar-refractivity contribution in [2.45, 2.75) is 13.8 Å². The zero-order chi connectivity index (χ0) is 23.4. The van der Waals surface area contributed by atoms with Gasteiger partial charge in [-0.1, -0.05) is 24.3 Å². The first-order valence-electron chi connectivity index (χ1n) is 10.3. The molecule has 0 spiro atoms. The van der Waals surface area contributed by atoms with Crippen molar-refractivity contribution in [3.63, 3.8) is 0 Å². The van der Waals surface area contributed by atoms with Crippen molar-refractivity contribution in [3.8, 4) is 23.0 Å². The zero-order valence-electron chi connectivity index (χ0n) is 18.5. The summed E-state index contributed by atoms with van der Waals surface area (Å²) in [6.07, 6.45) is 0. The first kappa shape index (κ1) is 22.3. The number of hydrogen-bond donors (Lipinski definition) is 2. The summed E-state index contributed by atoms with van der Waals surface area (Å²) < 4.78 is 16.7. The van der Waals surface area contributed by atoms with Gasteiger partial charge in [0.05, 0.1) is 7.11 Å². The molecule has 0 bridgehead atoms. The maximum Gasteiger partial charge on any atom is 0.264 e. The molecule has 0 unspecified atom stereocenters. The minimum absolute atomic E-state index is 0.141. The number of nitrogens with zero attached hydrogens (tertiary/aromatic N) is 1. The summed E-state index contributed by atoms with van der Waals surface area (Å²) in [5, 5.41) is 5.89. The number of fused-ring (bicyclic) bond motifs is 1. The number of amides is 1. The number of oxazole rings is 1. The fourth-order valence-electron chi connectivity index (χ4n) is 3.23. The molecule has 4 rings (SSSR count). The molecule has 0 atom stereocenters. The van der Waals surface area contributed by atoms with E-state index in [1.807, 2.05) is 74.5 Å². The van der Waals surface area contributed by atoms with Gasteiger partial charge in [-0.15, -0.1) is 0 Å². The number of aryl methyl sites for hydroxylation is 2. The molecular formula is C25H23N3O4S. The van der Waals surface area contributed by atoms with Gasteiger partial charge in [-0.25, -0.2) is 4.98 Å². The average molecular weight is 462 g/mol. The third-order valence-electron chi connectivity index (χ3n) is 5.03. The lowest BCUT2D eigenvalue weighted by atomic mass is 10.1. The highest BCUT2D eigenvalue weighted by atomic mass is 32.1. The largest absolute Gasteiger partial charge is 0.497 e. The first-order valence-corrected chi connectivity index (χ1v) is 10.7. The minimum atomic E-state index is -0.350. The van der Waals surface area contributed by atoms with Gasteiger partial charge in [-0.2, -0.15) is 0 Å². The van der Waals surface area contributed by atoms with Gasteiger partial charge in [0.25, 0.3) is 5.91 Å². The second kappa shape index (κ2) is 9.70. The summed E-state index contributed by atoms with van der Waals surface area (Å²) in [5.74, 6) is 1.49. The Kier molecular flexibility index (Phi) is 6.55. The van der Waals surface area contributed by atoms with Crippen LogP contribution < -0.4 is 20.1 Å². The lowest BCUT2D eigenvalue weighted by Gasteiger charge is -2.13. The number of anilines is 1. The highest BCUT2D eigenvalue weighted by Crippen LogP contribution is 2.29. The molecule has 33 heavy (non-hydrogen) atoms. The third kappa shape index (κ3) is 5.30. The molecule has 0 saturated carbocycles. The van der Waals surface area contributed by atoms with Gasteiger partial charge in [0.1, 0.15) is 17.0 Å². The van der Waals surface area contributed by atoms with Crippen molar-refractivity contribution in [3.05, 3.63) is 71.8 Å². The molecule has 0 saturated heterocycles. The normalized spacial score (nSPS) is 10.6. The standard InChI is InChI=1S/C25H23N3O4S/c1-15-8-9-17(24-26-20-13-18(30-3)10-11-22(20)32-24)12-19(15)27-25(33)28-23(29)14-31-21-7-5-4-6-16(21)2/h4-13H,14H2,1-3H3,(H2,27,28,29,33). The highest BCUT2D eigenvalue weighted by molar-refractivity contribution is 7.80. The summed E-state index contributed by atoms with van der Waals surface area (Å²) in [7, 11) is 1.61. The fourth-order valence-corrected chi connectivity index (χ4v) is 3.45. The summed E-state index contributed by atoms with van der Waals surface area (Å²) in [6, 6.07) is 18.7. The highest BCUT2D eigenvalue weighted by Gasteiger charge is 2.13. The predicted octanol–water partition coefficient (Wildman–Crippen LogP) is 5.01. The lowest BCUT2D eigenvalue weighted by Crippen LogP contribution is -2.37. The van der Waals surface area contributed by atoms with Crippen LogP contribution in [0.15, 0.2) is 65.1 Å². The minimum Gasteiger partial charge on any atom is -0.497 e. The molecular weight excluding hydrogens is 438 g/mol. The number of hydrogen-bond acceptors (Lipinski definition) is 6. The number of nitrogens with one attached hydrogen (secondary N) is 2. The number of rotatable bonds is 6. The fraction of sp³-hybridized carbons (Fsp3) is 0.160. The first-order chi connectivity index (χ1) is 15.9. The van der Waals surface area contributed by atoms with E-state index in [1.54, 1.807) is 7.11 Å². The van der Waals surface area contributed by atoms with Crippen LogP contribution in [0.2, 0.25) is 0 Å². The summed E-state index contributed by atoms with van der Waals surface area (Å²) in [6.45, 7) is 3.72. The van der Waals surface area contributed by atoms with E-state index < -0.39 is 0 Å². The molecule has 4 aromatic rings. The van der Waals surface area contributed by atoms with Gasteiger partial charge in [0.2, 0.25) is 5.89 Å². The average Bonchev–Trinajstić information content (AvgIpc) is 3.23. The maximum atomic E-state index is 12.3. The Morgan fingerprint density at radius 1 is 1.06 bits per heavy atom. The van der Waals surface area contributed by atoms with Crippen LogP contribution in [0.4, 0.5) is 5.69 Å². The van der Waals surface area contributed by atoms with Crippen molar-refractivity contribution < 1.29 is 18.7 Å². The molecule has 2 N–H and O–H groups in total. The van der Waals surface area contributed by atoms with Crippen molar-refractivity contribution in [2.24, 2.45) is 0 Å². The molecule has 0 aliphatic rings. The molecule has 3 aromatic carbocycles. The Morgan fingerprint density at radius 2 is 1.88 bits per heavy atom. The molecule has 0 radical (unpaired) electrons. The van der Waals surface area contributed by atoms with Gasteiger partial charge in [-0.05, 0) is 67.5 Å². The van der Waals surface area contributed by atoms with Crippen LogP contribution in [0.5, 0.6) is 11.5 Å². The summed E-state index contributed by atoms with van der Waals surface area (Å²) >= 11 is 5.32. The van der Waals surface area contributed by atoms with Crippen LogP contribution in [0.1, 0.15) is 11.1 Å². The molecule has 1 aromatic heterocycles. The van der Waals surface area contributed by atoms with Crippen molar-refractivity contribution in [2.75, 3.05) is 19.0 Å². The molecule has 0 fully saturated rings. The number of carbonyl (C=O) groups excluding carboxylic acids is 1. The van der Waals surface area contributed by atoms with E-state index in [0.29, 0.717) is 28.5 Å². The Hall–Kier alpha value is -3.91. The topological polar surface area (TPSA) is 85.6 Å². The molecule has 1 amide bonds. The van der Waals surface area contributed by atoms with E-state index in [-0.39, 0.29) is 17.6 Å². The quantitative estimate of drug-likeness (QED) is 0.390. The van der Waals surface area contributed by atoms with Gasteiger partial charge >= 0.3 is 0 Å². The lowest BCUT2D eigenvalue weighted by molar-refractivity contribution is -0.121. The molecule has 8 heteroatoms. The SMILES string of the molecule is COc1ccc2oc(-c3ccc(C)c(NC(=S)NC(=O)COc4ccccc4C)c3)nc2c1. The smallest absolute Gasteiger partial charge is 0.264 e. The van der Waals surface area contributed by atoms with E-state index >= 15 is 0 Å². The summed E-state index contributed by atoms with van der Waals surface area (Å²) in [5.41, 5.74) is 4.78. The maximum absolute atomic E-state index is 12.3. The molecule has 1 heterocycles. The van der Waals surface area contributed by atoms with Crippen molar-refractivity contribution in [1.29, 1.82) is 0 Å². The van der Waals surface area contributed by atoms with Crippen LogP contribution in [-0.4, -0.2) is 29.7 Å². The van der Waals surface area contributed by atoms with Gasteiger partial charge in [0.15, 0.2) is 17.3 Å². The molecule has 0 aliphatic heterocycles.